The van der Waals surface area contributed by atoms with Gasteiger partial charge in [-0.05, 0) is 52.9 Å². The summed E-state index contributed by atoms with van der Waals surface area (Å²) >= 11 is 0. The summed E-state index contributed by atoms with van der Waals surface area (Å²) in [6.07, 6.45) is 3.71. The average molecular weight is 269 g/mol. The third kappa shape index (κ3) is 3.26. The van der Waals surface area contributed by atoms with Crippen LogP contribution in [0.25, 0.3) is 0 Å². The number of aliphatic carboxylic acids is 1. The maximum absolute atomic E-state index is 12.2. The van der Waals surface area contributed by atoms with Gasteiger partial charge in [-0.25, -0.2) is 0 Å². The molecule has 0 aromatic rings. The molecule has 2 aliphatic rings. The van der Waals surface area contributed by atoms with Crippen molar-refractivity contribution in [3.05, 3.63) is 0 Å². The monoisotopic (exact) mass is 269 g/mol. The van der Waals surface area contributed by atoms with Crippen LogP contribution in [0.5, 0.6) is 0 Å². The van der Waals surface area contributed by atoms with Crippen molar-refractivity contribution in [1.82, 2.24) is 5.32 Å². The number of carboxylic acid groups (broad SMARTS) is 1. The van der Waals surface area contributed by atoms with Gasteiger partial charge in [0.05, 0.1) is 11.7 Å². The van der Waals surface area contributed by atoms with Crippen molar-refractivity contribution in [2.45, 2.75) is 70.6 Å². The molecule has 2 N–H and O–H groups in total. The summed E-state index contributed by atoms with van der Waals surface area (Å²) in [6, 6.07) is 0.173. The lowest BCUT2D eigenvalue weighted by molar-refractivity contribution is -0.158. The molecule has 1 heterocycles. The number of hydrogen-bond donors (Lipinski definition) is 2. The lowest BCUT2D eigenvalue weighted by Crippen LogP contribution is -2.47. The number of hydrogen-bond acceptors (Lipinski definition) is 3. The van der Waals surface area contributed by atoms with Crippen molar-refractivity contribution < 1.29 is 19.4 Å². The molecule has 1 aliphatic heterocycles. The second-order valence-electron chi connectivity index (χ2n) is 6.63. The Bertz CT molecular complexity index is 389. The fourth-order valence-electron chi connectivity index (χ4n) is 2.53. The highest BCUT2D eigenvalue weighted by Gasteiger charge is 2.47. The smallest absolute Gasteiger partial charge is 0.319 e. The van der Waals surface area contributed by atoms with Gasteiger partial charge in [-0.1, -0.05) is 0 Å². The first-order valence-corrected chi connectivity index (χ1v) is 6.95. The van der Waals surface area contributed by atoms with Gasteiger partial charge in [-0.15, -0.1) is 0 Å². The van der Waals surface area contributed by atoms with Gasteiger partial charge in [0.1, 0.15) is 5.41 Å². The lowest BCUT2D eigenvalue weighted by atomic mass is 9.82. The minimum absolute atomic E-state index is 0.152. The molecule has 1 amide bonds. The van der Waals surface area contributed by atoms with Crippen LogP contribution in [0.3, 0.4) is 0 Å². The van der Waals surface area contributed by atoms with Crippen LogP contribution in [0.15, 0.2) is 0 Å². The summed E-state index contributed by atoms with van der Waals surface area (Å²) in [6.45, 7) is 5.49. The molecular formula is C14H23NO4. The molecule has 2 atom stereocenters. The van der Waals surface area contributed by atoms with E-state index in [0.29, 0.717) is 0 Å². The van der Waals surface area contributed by atoms with Crippen molar-refractivity contribution in [2.24, 2.45) is 5.41 Å². The zero-order valence-electron chi connectivity index (χ0n) is 11.9. The average Bonchev–Trinajstić information content (AvgIpc) is 3.03. The van der Waals surface area contributed by atoms with Crippen LogP contribution in [0.1, 0.15) is 52.9 Å². The van der Waals surface area contributed by atoms with Crippen LogP contribution >= 0.6 is 0 Å². The maximum Gasteiger partial charge on any atom is 0.319 e. The minimum Gasteiger partial charge on any atom is -0.480 e. The Morgan fingerprint density at radius 1 is 1.37 bits per heavy atom. The van der Waals surface area contributed by atoms with E-state index in [4.69, 9.17) is 4.74 Å². The van der Waals surface area contributed by atoms with Gasteiger partial charge in [0.25, 0.3) is 0 Å². The van der Waals surface area contributed by atoms with Crippen LogP contribution in [-0.4, -0.2) is 34.7 Å². The predicted octanol–water partition coefficient (Wildman–Crippen LogP) is 1.70. The summed E-state index contributed by atoms with van der Waals surface area (Å²) < 4.78 is 5.82. The van der Waals surface area contributed by atoms with Crippen LogP contribution in [-0.2, 0) is 14.3 Å². The van der Waals surface area contributed by atoms with E-state index in [9.17, 15) is 14.7 Å². The molecular weight excluding hydrogens is 246 g/mol. The Labute approximate surface area is 113 Å². The number of carbonyl (C=O) groups is 2. The molecule has 5 nitrogen and oxygen atoms in total. The molecule has 19 heavy (non-hydrogen) atoms. The topological polar surface area (TPSA) is 75.6 Å². The summed E-state index contributed by atoms with van der Waals surface area (Å²) in [7, 11) is 0. The van der Waals surface area contributed by atoms with Gasteiger partial charge in [0, 0.05) is 6.04 Å². The highest BCUT2D eigenvalue weighted by molar-refractivity contribution is 6.01. The molecule has 5 heteroatoms. The second-order valence-corrected chi connectivity index (χ2v) is 6.63. The molecule has 0 aromatic heterocycles. The Kier molecular flexibility index (Phi) is 3.60. The summed E-state index contributed by atoms with van der Waals surface area (Å²) in [4.78, 5) is 23.7. The van der Waals surface area contributed by atoms with E-state index < -0.39 is 11.4 Å². The first kappa shape index (κ1) is 14.3. The molecule has 2 fully saturated rings. The van der Waals surface area contributed by atoms with E-state index in [0.717, 1.165) is 25.7 Å². The first-order chi connectivity index (χ1) is 8.73. The fraction of sp³-hybridized carbons (Fsp3) is 0.857. The number of carboxylic acids is 1. The van der Waals surface area contributed by atoms with Crippen molar-refractivity contribution >= 4 is 11.9 Å². The number of carbonyl (C=O) groups excluding carboxylic acids is 1. The van der Waals surface area contributed by atoms with Crippen molar-refractivity contribution in [3.8, 4) is 0 Å². The van der Waals surface area contributed by atoms with Gasteiger partial charge >= 0.3 is 5.97 Å². The zero-order chi connectivity index (χ0) is 14.3. The highest BCUT2D eigenvalue weighted by atomic mass is 16.5. The molecule has 1 aliphatic carbocycles. The molecule has 0 radical (unpaired) electrons. The standard InChI is InChI=1S/C14H23NO4/c1-13(2)7-6-10(19-13)8-14(3,12(17)18)11(16)15-9-4-5-9/h9-10H,4-8H2,1-3H3,(H,15,16)(H,17,18). The van der Waals surface area contributed by atoms with Crippen LogP contribution in [0.2, 0.25) is 0 Å². The van der Waals surface area contributed by atoms with Crippen molar-refractivity contribution in [3.63, 3.8) is 0 Å². The van der Waals surface area contributed by atoms with Crippen molar-refractivity contribution in [1.29, 1.82) is 0 Å². The van der Waals surface area contributed by atoms with Gasteiger partial charge in [-0.3, -0.25) is 9.59 Å². The van der Waals surface area contributed by atoms with E-state index in [1.807, 2.05) is 13.8 Å². The van der Waals surface area contributed by atoms with E-state index >= 15 is 0 Å². The zero-order valence-corrected chi connectivity index (χ0v) is 11.9. The van der Waals surface area contributed by atoms with Gasteiger partial charge in [-0.2, -0.15) is 0 Å². The fourth-order valence-corrected chi connectivity index (χ4v) is 2.53. The Balaban J connectivity index is 2.02. The first-order valence-electron chi connectivity index (χ1n) is 6.95. The number of nitrogens with one attached hydrogen (secondary N) is 1. The Morgan fingerprint density at radius 2 is 2.00 bits per heavy atom. The van der Waals surface area contributed by atoms with E-state index in [1.54, 1.807) is 0 Å². The molecule has 2 unspecified atom stereocenters. The molecule has 2 rings (SSSR count). The quantitative estimate of drug-likeness (QED) is 0.745. The number of ether oxygens (including phenoxy) is 1. The van der Waals surface area contributed by atoms with E-state index in [-0.39, 0.29) is 30.1 Å². The molecule has 108 valence electrons. The third-order valence-corrected chi connectivity index (χ3v) is 4.08. The summed E-state index contributed by atoms with van der Waals surface area (Å²) in [5.74, 6) is -1.45. The maximum atomic E-state index is 12.2. The Morgan fingerprint density at radius 3 is 2.42 bits per heavy atom. The number of amides is 1. The Hall–Kier alpha value is -1.10. The molecule has 0 bridgehead atoms. The van der Waals surface area contributed by atoms with Crippen LogP contribution in [0.4, 0.5) is 0 Å². The third-order valence-electron chi connectivity index (χ3n) is 4.08. The summed E-state index contributed by atoms with van der Waals surface area (Å²) in [5, 5.41) is 12.2. The molecule has 1 saturated carbocycles. The van der Waals surface area contributed by atoms with Gasteiger partial charge in [0.2, 0.25) is 5.91 Å². The summed E-state index contributed by atoms with van der Waals surface area (Å²) in [5.41, 5.74) is -1.61. The number of rotatable bonds is 5. The molecule has 0 spiro atoms. The lowest BCUT2D eigenvalue weighted by Gasteiger charge is -2.28. The van der Waals surface area contributed by atoms with Gasteiger partial charge in [0.15, 0.2) is 0 Å². The largest absolute Gasteiger partial charge is 0.480 e. The van der Waals surface area contributed by atoms with Crippen LogP contribution in [0, 0.1) is 5.41 Å². The minimum atomic E-state index is -1.40. The van der Waals surface area contributed by atoms with Gasteiger partial charge < -0.3 is 15.2 Å². The normalized spacial score (nSPS) is 28.7. The SMILES string of the molecule is CC1(C)CCC(CC(C)(C(=O)O)C(=O)NC2CC2)O1. The van der Waals surface area contributed by atoms with E-state index in [1.165, 1.54) is 6.92 Å². The van der Waals surface area contributed by atoms with Crippen LogP contribution < -0.4 is 5.32 Å². The predicted molar refractivity (Wildman–Crippen MR) is 69.7 cm³/mol. The molecule has 0 aromatic carbocycles. The van der Waals surface area contributed by atoms with E-state index in [2.05, 4.69) is 5.32 Å². The second kappa shape index (κ2) is 4.78. The highest BCUT2D eigenvalue weighted by Crippen LogP contribution is 2.37. The van der Waals surface area contributed by atoms with Crippen molar-refractivity contribution in [2.75, 3.05) is 0 Å². The molecule has 1 saturated heterocycles.